The Morgan fingerprint density at radius 1 is 1.36 bits per heavy atom. The van der Waals surface area contributed by atoms with Crippen LogP contribution in [0, 0.1) is 3.70 Å². The standard InChI is InChI=1S/C7H4F4INO/c8-3-4-1-2-5(13-6(4)12)14-7(9,10)11/h1-2H,3H2. The predicted molar refractivity (Wildman–Crippen MR) is 48.4 cm³/mol. The van der Waals surface area contributed by atoms with Gasteiger partial charge in [-0.3, -0.25) is 0 Å². The van der Waals surface area contributed by atoms with Crippen LogP contribution in [0.5, 0.6) is 5.88 Å². The van der Waals surface area contributed by atoms with Crippen molar-refractivity contribution in [1.29, 1.82) is 0 Å². The maximum atomic E-state index is 12.1. The molecule has 0 spiro atoms. The molecule has 0 unspecified atom stereocenters. The second-order valence-corrected chi connectivity index (χ2v) is 3.30. The van der Waals surface area contributed by atoms with Crippen LogP contribution in [0.3, 0.4) is 0 Å². The summed E-state index contributed by atoms with van der Waals surface area (Å²) in [5, 5.41) is 0. The van der Waals surface area contributed by atoms with Crippen molar-refractivity contribution in [3.8, 4) is 5.88 Å². The van der Waals surface area contributed by atoms with E-state index < -0.39 is 18.9 Å². The first-order chi connectivity index (χ1) is 6.42. The third-order valence-corrected chi connectivity index (χ3v) is 2.20. The molecule has 1 heterocycles. The molecule has 0 saturated carbocycles. The zero-order chi connectivity index (χ0) is 10.8. The molecule has 1 aromatic heterocycles. The fourth-order valence-corrected chi connectivity index (χ4v) is 1.28. The number of pyridine rings is 1. The number of alkyl halides is 4. The van der Waals surface area contributed by atoms with Gasteiger partial charge in [0, 0.05) is 11.6 Å². The summed E-state index contributed by atoms with van der Waals surface area (Å²) in [6.07, 6.45) is -4.77. The van der Waals surface area contributed by atoms with E-state index in [1.54, 1.807) is 22.6 Å². The van der Waals surface area contributed by atoms with Gasteiger partial charge in [-0.1, -0.05) is 0 Å². The van der Waals surface area contributed by atoms with Crippen LogP contribution in [0.4, 0.5) is 17.6 Å². The van der Waals surface area contributed by atoms with E-state index in [0.29, 0.717) is 0 Å². The molecule has 0 saturated heterocycles. The van der Waals surface area contributed by atoms with Crippen LogP contribution >= 0.6 is 22.6 Å². The minimum atomic E-state index is -4.77. The Bertz CT molecular complexity index is 328. The Kier molecular flexibility index (Phi) is 3.51. The highest BCUT2D eigenvalue weighted by Crippen LogP contribution is 2.22. The van der Waals surface area contributed by atoms with Crippen molar-refractivity contribution < 1.29 is 22.3 Å². The van der Waals surface area contributed by atoms with Crippen LogP contribution in [-0.2, 0) is 6.67 Å². The number of aromatic nitrogens is 1. The van der Waals surface area contributed by atoms with E-state index in [1.807, 2.05) is 0 Å². The quantitative estimate of drug-likeness (QED) is 0.474. The fourth-order valence-electron chi connectivity index (χ4n) is 0.722. The molecule has 0 aliphatic heterocycles. The Labute approximate surface area is 90.4 Å². The maximum Gasteiger partial charge on any atom is 0.574 e. The smallest absolute Gasteiger partial charge is 0.388 e. The van der Waals surface area contributed by atoms with Gasteiger partial charge in [0.05, 0.1) is 0 Å². The topological polar surface area (TPSA) is 22.1 Å². The average molecular weight is 321 g/mol. The van der Waals surface area contributed by atoms with Crippen LogP contribution in [-0.4, -0.2) is 11.3 Å². The van der Waals surface area contributed by atoms with Crippen LogP contribution in [0.1, 0.15) is 5.56 Å². The lowest BCUT2D eigenvalue weighted by molar-refractivity contribution is -0.276. The van der Waals surface area contributed by atoms with E-state index in [4.69, 9.17) is 0 Å². The number of ether oxygens (including phenoxy) is 1. The molecule has 0 amide bonds. The minimum absolute atomic E-state index is 0.159. The molecule has 1 rings (SSSR count). The van der Waals surface area contributed by atoms with Crippen molar-refractivity contribution >= 4 is 22.6 Å². The van der Waals surface area contributed by atoms with E-state index in [-0.39, 0.29) is 9.26 Å². The number of rotatable bonds is 2. The molecule has 2 nitrogen and oxygen atoms in total. The summed E-state index contributed by atoms with van der Waals surface area (Å²) in [5.74, 6) is -0.584. The van der Waals surface area contributed by atoms with Crippen LogP contribution < -0.4 is 4.74 Å². The van der Waals surface area contributed by atoms with E-state index in [0.717, 1.165) is 6.07 Å². The van der Waals surface area contributed by atoms with Gasteiger partial charge < -0.3 is 4.74 Å². The van der Waals surface area contributed by atoms with E-state index in [1.165, 1.54) is 6.07 Å². The predicted octanol–water partition coefficient (Wildman–Crippen LogP) is 3.05. The molecule has 0 N–H and O–H groups in total. The van der Waals surface area contributed by atoms with Crippen LogP contribution in [0.2, 0.25) is 0 Å². The number of nitrogens with zero attached hydrogens (tertiary/aromatic N) is 1. The van der Waals surface area contributed by atoms with Crippen molar-refractivity contribution in [1.82, 2.24) is 4.98 Å². The van der Waals surface area contributed by atoms with Crippen molar-refractivity contribution in [3.63, 3.8) is 0 Å². The Hall–Kier alpha value is -0.600. The largest absolute Gasteiger partial charge is 0.574 e. The molecule has 0 aromatic carbocycles. The van der Waals surface area contributed by atoms with Gasteiger partial charge in [-0.15, -0.1) is 13.2 Å². The average Bonchev–Trinajstić information content (AvgIpc) is 2.01. The molecule has 0 fully saturated rings. The van der Waals surface area contributed by atoms with Gasteiger partial charge in [0.2, 0.25) is 5.88 Å². The van der Waals surface area contributed by atoms with Crippen LogP contribution in [0.25, 0.3) is 0 Å². The molecule has 1 aromatic rings. The third-order valence-electron chi connectivity index (χ3n) is 1.26. The summed E-state index contributed by atoms with van der Waals surface area (Å²) in [6.45, 7) is -0.766. The Morgan fingerprint density at radius 3 is 2.43 bits per heavy atom. The highest BCUT2D eigenvalue weighted by atomic mass is 127. The molecular formula is C7H4F4INO. The molecule has 7 heteroatoms. The molecule has 0 aliphatic carbocycles. The third kappa shape index (κ3) is 3.28. The number of hydrogen-bond donors (Lipinski definition) is 0. The van der Waals surface area contributed by atoms with Gasteiger partial charge in [0.25, 0.3) is 0 Å². The Balaban J connectivity index is 2.87. The lowest BCUT2D eigenvalue weighted by Crippen LogP contribution is -2.18. The van der Waals surface area contributed by atoms with Crippen molar-refractivity contribution in [2.24, 2.45) is 0 Å². The molecule has 0 bridgehead atoms. The SMILES string of the molecule is FCc1ccc(OC(F)(F)F)nc1I. The van der Waals surface area contributed by atoms with Crippen molar-refractivity contribution in [2.45, 2.75) is 13.0 Å². The first-order valence-electron chi connectivity index (χ1n) is 3.39. The number of halogens is 5. The zero-order valence-corrected chi connectivity index (χ0v) is 8.76. The summed E-state index contributed by atoms with van der Waals surface area (Å²) in [7, 11) is 0. The maximum absolute atomic E-state index is 12.1. The second-order valence-electron chi connectivity index (χ2n) is 2.28. The van der Waals surface area contributed by atoms with Crippen LogP contribution in [0.15, 0.2) is 12.1 Å². The van der Waals surface area contributed by atoms with Crippen molar-refractivity contribution in [3.05, 3.63) is 21.4 Å². The van der Waals surface area contributed by atoms with E-state index >= 15 is 0 Å². The first-order valence-corrected chi connectivity index (χ1v) is 4.47. The lowest BCUT2D eigenvalue weighted by atomic mass is 10.3. The summed E-state index contributed by atoms with van der Waals surface area (Å²) >= 11 is 1.64. The van der Waals surface area contributed by atoms with E-state index in [9.17, 15) is 17.6 Å². The number of hydrogen-bond acceptors (Lipinski definition) is 2. The summed E-state index contributed by atoms with van der Waals surface area (Å²) in [6, 6.07) is 2.18. The van der Waals surface area contributed by atoms with Crippen molar-refractivity contribution in [2.75, 3.05) is 0 Å². The lowest BCUT2D eigenvalue weighted by Gasteiger charge is -2.08. The van der Waals surface area contributed by atoms with Gasteiger partial charge in [-0.05, 0) is 28.7 Å². The minimum Gasteiger partial charge on any atom is -0.388 e. The zero-order valence-electron chi connectivity index (χ0n) is 6.61. The summed E-state index contributed by atoms with van der Waals surface area (Å²) < 4.78 is 51.0. The molecular weight excluding hydrogens is 317 g/mol. The fraction of sp³-hybridized carbons (Fsp3) is 0.286. The molecule has 78 valence electrons. The monoisotopic (exact) mass is 321 g/mol. The molecule has 0 atom stereocenters. The highest BCUT2D eigenvalue weighted by Gasteiger charge is 2.31. The molecule has 0 aliphatic rings. The normalized spacial score (nSPS) is 11.5. The van der Waals surface area contributed by atoms with E-state index in [2.05, 4.69) is 9.72 Å². The first kappa shape index (κ1) is 11.5. The van der Waals surface area contributed by atoms with Gasteiger partial charge >= 0.3 is 6.36 Å². The second kappa shape index (κ2) is 4.28. The van der Waals surface area contributed by atoms with Gasteiger partial charge in [0.1, 0.15) is 10.4 Å². The summed E-state index contributed by atoms with van der Waals surface area (Å²) in [4.78, 5) is 3.43. The highest BCUT2D eigenvalue weighted by molar-refractivity contribution is 14.1. The molecule has 14 heavy (non-hydrogen) atoms. The van der Waals surface area contributed by atoms with Gasteiger partial charge in [-0.25, -0.2) is 9.37 Å². The summed E-state index contributed by atoms with van der Waals surface area (Å²) in [5.41, 5.74) is 0.236. The molecule has 0 radical (unpaired) electrons. The van der Waals surface area contributed by atoms with Gasteiger partial charge in [-0.2, -0.15) is 0 Å². The van der Waals surface area contributed by atoms with Gasteiger partial charge in [0.15, 0.2) is 0 Å². The Morgan fingerprint density at radius 2 is 2.00 bits per heavy atom.